The number of benzene rings is 2. The first-order valence-corrected chi connectivity index (χ1v) is 12.3. The number of hydrogen-bond acceptors (Lipinski definition) is 4. The number of methoxy groups -OCH3 is 2. The summed E-state index contributed by atoms with van der Waals surface area (Å²) in [6.45, 7) is 15.2. The van der Waals surface area contributed by atoms with Crippen molar-refractivity contribution in [3.05, 3.63) is 82.3 Å². The smallest absolute Gasteiger partial charge is 0.201 e. The van der Waals surface area contributed by atoms with Crippen LogP contribution in [0.3, 0.4) is 0 Å². The van der Waals surface area contributed by atoms with Gasteiger partial charge in [-0.25, -0.2) is 0 Å². The third kappa shape index (κ3) is 4.13. The Bertz CT molecular complexity index is 1450. The lowest BCUT2D eigenvalue weighted by Crippen LogP contribution is -2.23. The van der Waals surface area contributed by atoms with Crippen LogP contribution >= 0.6 is 0 Å². The number of ketones is 1. The van der Waals surface area contributed by atoms with E-state index in [4.69, 9.17) is 9.47 Å². The summed E-state index contributed by atoms with van der Waals surface area (Å²) in [6.07, 6.45) is 1.01. The number of aryl methyl sites for hydroxylation is 2. The molecular weight excluding hydrogens is 450 g/mol. The van der Waals surface area contributed by atoms with E-state index in [9.17, 15) is 9.90 Å². The molecule has 0 bridgehead atoms. The maximum absolute atomic E-state index is 13.8. The van der Waals surface area contributed by atoms with Crippen molar-refractivity contribution in [2.24, 2.45) is 5.92 Å². The predicted octanol–water partition coefficient (Wildman–Crippen LogP) is 7.20. The summed E-state index contributed by atoms with van der Waals surface area (Å²) in [6, 6.07) is 11.6. The zero-order chi connectivity index (χ0) is 26.3. The molecule has 5 nitrogen and oxygen atoms in total. The van der Waals surface area contributed by atoms with Crippen LogP contribution in [0.4, 0.5) is 0 Å². The Morgan fingerprint density at radius 3 is 2.28 bits per heavy atom. The number of aliphatic hydroxyl groups excluding tert-OH is 1. The molecule has 0 spiro atoms. The van der Waals surface area contributed by atoms with Gasteiger partial charge in [0.1, 0.15) is 17.3 Å². The molecule has 0 aliphatic heterocycles. The van der Waals surface area contributed by atoms with Crippen molar-refractivity contribution in [1.82, 2.24) is 4.57 Å². The van der Waals surface area contributed by atoms with Gasteiger partial charge in [-0.3, -0.25) is 4.79 Å². The third-order valence-corrected chi connectivity index (χ3v) is 7.03. The Hall–Kier alpha value is -3.73. The van der Waals surface area contributed by atoms with E-state index in [2.05, 4.69) is 25.0 Å². The Labute approximate surface area is 213 Å². The first kappa shape index (κ1) is 25.4. The SMILES string of the molecule is C=C(C)/C(=C1\C(=O)C(c2c(C)n(CCC(C)C)c3ccc(OC)cc23)=C1O)c1cc(OC)ccc1C. The molecule has 0 radical (unpaired) electrons. The van der Waals surface area contributed by atoms with E-state index >= 15 is 0 Å². The van der Waals surface area contributed by atoms with E-state index in [0.29, 0.717) is 39.7 Å². The molecule has 3 aromatic rings. The average molecular weight is 486 g/mol. The van der Waals surface area contributed by atoms with Gasteiger partial charge in [0.15, 0.2) is 0 Å². The summed E-state index contributed by atoms with van der Waals surface area (Å²) < 4.78 is 13.1. The lowest BCUT2D eigenvalue weighted by Gasteiger charge is -2.26. The minimum absolute atomic E-state index is 0.00838. The Morgan fingerprint density at radius 1 is 1.06 bits per heavy atom. The minimum atomic E-state index is -0.179. The quantitative estimate of drug-likeness (QED) is 0.343. The zero-order valence-corrected chi connectivity index (χ0v) is 22.3. The molecule has 0 amide bonds. The third-order valence-electron chi connectivity index (χ3n) is 7.03. The molecule has 1 heterocycles. The molecule has 5 heteroatoms. The fourth-order valence-electron chi connectivity index (χ4n) is 5.02. The van der Waals surface area contributed by atoms with Crippen LogP contribution in [-0.2, 0) is 11.3 Å². The van der Waals surface area contributed by atoms with E-state index in [0.717, 1.165) is 46.3 Å². The van der Waals surface area contributed by atoms with Gasteiger partial charge in [0.25, 0.3) is 0 Å². The van der Waals surface area contributed by atoms with Crippen molar-refractivity contribution in [1.29, 1.82) is 0 Å². The number of aromatic nitrogens is 1. The Balaban J connectivity index is 1.97. The van der Waals surface area contributed by atoms with Gasteiger partial charge in [0, 0.05) is 28.7 Å². The van der Waals surface area contributed by atoms with Crippen LogP contribution in [0.5, 0.6) is 11.5 Å². The van der Waals surface area contributed by atoms with Gasteiger partial charge in [-0.05, 0) is 85.7 Å². The van der Waals surface area contributed by atoms with Crippen LogP contribution in [0.2, 0.25) is 0 Å². The van der Waals surface area contributed by atoms with E-state index in [1.807, 2.05) is 57.2 Å². The number of Topliss-reactive ketones (excluding diaryl/α,β-unsaturated/α-hetero) is 1. The number of carbonyl (C=O) groups is 1. The molecular formula is C31H35NO4. The van der Waals surface area contributed by atoms with Crippen LogP contribution in [0.25, 0.3) is 22.0 Å². The van der Waals surface area contributed by atoms with Gasteiger partial charge in [0.2, 0.25) is 5.78 Å². The highest BCUT2D eigenvalue weighted by atomic mass is 16.5. The van der Waals surface area contributed by atoms with Crippen molar-refractivity contribution < 1.29 is 19.4 Å². The largest absolute Gasteiger partial charge is 0.506 e. The highest BCUT2D eigenvalue weighted by Gasteiger charge is 2.40. The maximum Gasteiger partial charge on any atom is 0.201 e. The maximum atomic E-state index is 13.8. The Morgan fingerprint density at radius 2 is 1.69 bits per heavy atom. The fraction of sp³-hybridized carbons (Fsp3) is 0.323. The summed E-state index contributed by atoms with van der Waals surface area (Å²) in [4.78, 5) is 13.8. The molecule has 0 fully saturated rings. The summed E-state index contributed by atoms with van der Waals surface area (Å²) in [5.74, 6) is 1.76. The molecule has 1 aromatic heterocycles. The van der Waals surface area contributed by atoms with Gasteiger partial charge in [-0.1, -0.05) is 26.5 Å². The fourth-order valence-corrected chi connectivity index (χ4v) is 5.02. The summed E-state index contributed by atoms with van der Waals surface area (Å²) in [5, 5.41) is 12.3. The normalized spacial score (nSPS) is 14.9. The topological polar surface area (TPSA) is 60.7 Å². The van der Waals surface area contributed by atoms with E-state index in [1.165, 1.54) is 0 Å². The highest BCUT2D eigenvalue weighted by molar-refractivity contribution is 6.43. The van der Waals surface area contributed by atoms with Gasteiger partial charge in [-0.15, -0.1) is 0 Å². The van der Waals surface area contributed by atoms with Crippen molar-refractivity contribution in [2.75, 3.05) is 14.2 Å². The lowest BCUT2D eigenvalue weighted by molar-refractivity contribution is -0.111. The van der Waals surface area contributed by atoms with Crippen LogP contribution in [0.15, 0.2) is 59.9 Å². The minimum Gasteiger partial charge on any atom is -0.506 e. The van der Waals surface area contributed by atoms with Crippen LogP contribution in [0.1, 0.15) is 49.6 Å². The number of ether oxygens (including phenoxy) is 2. The lowest BCUT2D eigenvalue weighted by atomic mass is 9.76. The molecule has 1 aliphatic carbocycles. The molecule has 2 aromatic carbocycles. The summed E-state index contributed by atoms with van der Waals surface area (Å²) in [5.41, 5.74) is 6.56. The van der Waals surface area contributed by atoms with E-state index in [1.54, 1.807) is 14.2 Å². The summed E-state index contributed by atoms with van der Waals surface area (Å²) >= 11 is 0. The Kier molecular flexibility index (Phi) is 6.85. The molecule has 0 atom stereocenters. The number of rotatable bonds is 8. The average Bonchev–Trinajstić information content (AvgIpc) is 3.11. The van der Waals surface area contributed by atoms with E-state index < -0.39 is 0 Å². The van der Waals surface area contributed by atoms with Crippen LogP contribution < -0.4 is 9.47 Å². The molecule has 0 saturated carbocycles. The number of hydrogen-bond donors (Lipinski definition) is 1. The number of allylic oxidation sites excluding steroid dienone is 4. The molecule has 36 heavy (non-hydrogen) atoms. The second kappa shape index (κ2) is 9.73. The monoisotopic (exact) mass is 485 g/mol. The van der Waals surface area contributed by atoms with Crippen LogP contribution in [0, 0.1) is 19.8 Å². The van der Waals surface area contributed by atoms with Gasteiger partial charge in [-0.2, -0.15) is 0 Å². The highest BCUT2D eigenvalue weighted by Crippen LogP contribution is 2.47. The van der Waals surface area contributed by atoms with Gasteiger partial charge < -0.3 is 19.1 Å². The first-order valence-electron chi connectivity index (χ1n) is 12.3. The van der Waals surface area contributed by atoms with Gasteiger partial charge >= 0.3 is 0 Å². The first-order chi connectivity index (χ1) is 17.1. The number of carbonyl (C=O) groups excluding carboxylic acids is 1. The van der Waals surface area contributed by atoms with Crippen molar-refractivity contribution >= 4 is 27.8 Å². The van der Waals surface area contributed by atoms with Crippen molar-refractivity contribution in [3.63, 3.8) is 0 Å². The number of fused-ring (bicyclic) bond motifs is 1. The molecule has 188 valence electrons. The molecule has 0 unspecified atom stereocenters. The number of nitrogens with zero attached hydrogens (tertiary/aromatic N) is 1. The van der Waals surface area contributed by atoms with Crippen molar-refractivity contribution in [2.45, 2.75) is 47.6 Å². The molecule has 1 N–H and O–H groups in total. The second-order valence-corrected chi connectivity index (χ2v) is 9.94. The van der Waals surface area contributed by atoms with Crippen molar-refractivity contribution in [3.8, 4) is 11.5 Å². The number of aliphatic hydroxyl groups is 1. The van der Waals surface area contributed by atoms with Gasteiger partial charge in [0.05, 0.1) is 25.4 Å². The van der Waals surface area contributed by atoms with E-state index in [-0.39, 0.29) is 11.5 Å². The standard InChI is InChI=1S/C31H35NO4/c1-17(2)13-14-32-20(6)27(24-16-22(36-8)11-12-25(24)32)29-30(33)28(31(29)34)26(18(3)4)23-15-21(35-7)10-9-19(23)5/h9-12,15-17,33H,3,13-14H2,1-2,4-8H3/b28-26+. The molecule has 1 aliphatic rings. The summed E-state index contributed by atoms with van der Waals surface area (Å²) in [7, 11) is 3.24. The molecule has 4 rings (SSSR count). The van der Waals surface area contributed by atoms with Crippen LogP contribution in [-0.4, -0.2) is 29.7 Å². The predicted molar refractivity (Wildman–Crippen MR) is 147 cm³/mol. The second-order valence-electron chi connectivity index (χ2n) is 9.94. The molecule has 0 saturated heterocycles. The zero-order valence-electron chi connectivity index (χ0n) is 22.3.